The summed E-state index contributed by atoms with van der Waals surface area (Å²) in [7, 11) is 0. The molecule has 1 aliphatic heterocycles. The molecule has 0 saturated carbocycles. The van der Waals surface area contributed by atoms with E-state index in [2.05, 4.69) is 5.92 Å². The summed E-state index contributed by atoms with van der Waals surface area (Å²) in [6.45, 7) is 1.63. The molecular weight excluding hydrogens is 88.1 g/mol. The maximum absolute atomic E-state index is 5.10. The molecule has 0 aromatic carbocycles. The highest BCUT2D eigenvalue weighted by atomic mass is 16.5. The second-order valence-electron chi connectivity index (χ2n) is 1.73. The van der Waals surface area contributed by atoms with Crippen molar-refractivity contribution in [1.29, 1.82) is 0 Å². The van der Waals surface area contributed by atoms with Gasteiger partial charge in [-0.3, -0.25) is 0 Å². The number of rotatable bonds is 0. The van der Waals surface area contributed by atoms with Crippen LogP contribution in [0.15, 0.2) is 0 Å². The molecule has 0 radical (unpaired) electrons. The minimum absolute atomic E-state index is 0.403. The first-order valence-electron chi connectivity index (χ1n) is 2.47. The number of hydrogen-bond donors (Lipinski definition) is 0. The Morgan fingerprint density at radius 2 is 2.57 bits per heavy atom. The molecule has 7 heavy (non-hydrogen) atoms. The third-order valence-corrected chi connectivity index (χ3v) is 1.17. The van der Waals surface area contributed by atoms with Crippen LogP contribution in [0.2, 0.25) is 0 Å². The lowest BCUT2D eigenvalue weighted by Gasteiger charge is -1.89. The standard InChI is InChI=1S/C6H8O/c1-2-6-3-4-7-5-6/h1,6H,3-5H2/t6-/m0/s1. The molecule has 1 atom stereocenters. The molecule has 1 nitrogen and oxygen atoms in total. The van der Waals surface area contributed by atoms with Crippen molar-refractivity contribution in [1.82, 2.24) is 0 Å². The van der Waals surface area contributed by atoms with Gasteiger partial charge < -0.3 is 4.74 Å². The molecule has 38 valence electrons. The van der Waals surface area contributed by atoms with Gasteiger partial charge in [0.1, 0.15) is 0 Å². The van der Waals surface area contributed by atoms with Gasteiger partial charge in [-0.05, 0) is 6.42 Å². The summed E-state index contributed by atoms with van der Waals surface area (Å²) in [6, 6.07) is 0. The van der Waals surface area contributed by atoms with Crippen molar-refractivity contribution in [3.8, 4) is 12.3 Å². The monoisotopic (exact) mass is 96.1 g/mol. The summed E-state index contributed by atoms with van der Waals surface area (Å²) in [5.74, 6) is 3.04. The lowest BCUT2D eigenvalue weighted by molar-refractivity contribution is 0.192. The lowest BCUT2D eigenvalue weighted by atomic mass is 10.1. The third kappa shape index (κ3) is 0.942. The van der Waals surface area contributed by atoms with E-state index >= 15 is 0 Å². The van der Waals surface area contributed by atoms with E-state index in [1.165, 1.54) is 0 Å². The second kappa shape index (κ2) is 1.99. The summed E-state index contributed by atoms with van der Waals surface area (Å²) in [6.07, 6.45) is 6.16. The number of terminal acetylenes is 1. The van der Waals surface area contributed by atoms with Crippen molar-refractivity contribution < 1.29 is 4.74 Å². The van der Waals surface area contributed by atoms with Gasteiger partial charge in [0, 0.05) is 12.5 Å². The van der Waals surface area contributed by atoms with E-state index in [1.54, 1.807) is 0 Å². The van der Waals surface area contributed by atoms with Crippen LogP contribution in [0, 0.1) is 18.3 Å². The van der Waals surface area contributed by atoms with E-state index in [-0.39, 0.29) is 0 Å². The van der Waals surface area contributed by atoms with Crippen LogP contribution in [0.3, 0.4) is 0 Å². The zero-order chi connectivity index (χ0) is 5.11. The first-order chi connectivity index (χ1) is 3.43. The predicted octanol–water partition coefficient (Wildman–Crippen LogP) is 0.656. The van der Waals surface area contributed by atoms with Gasteiger partial charge in [-0.25, -0.2) is 0 Å². The van der Waals surface area contributed by atoms with E-state index in [0.717, 1.165) is 19.6 Å². The Morgan fingerprint density at radius 3 is 2.86 bits per heavy atom. The van der Waals surface area contributed by atoms with Gasteiger partial charge in [0.05, 0.1) is 6.61 Å². The summed E-state index contributed by atoms with van der Waals surface area (Å²) < 4.78 is 5.01. The Morgan fingerprint density at radius 1 is 1.71 bits per heavy atom. The molecule has 1 heteroatoms. The van der Waals surface area contributed by atoms with Crippen LogP contribution in [0.4, 0.5) is 0 Å². The van der Waals surface area contributed by atoms with Gasteiger partial charge in [0.2, 0.25) is 0 Å². The average molecular weight is 96.1 g/mol. The molecule has 0 aromatic heterocycles. The van der Waals surface area contributed by atoms with E-state index in [0.29, 0.717) is 5.92 Å². The Balaban J connectivity index is 2.31. The normalized spacial score (nSPS) is 29.9. The summed E-state index contributed by atoms with van der Waals surface area (Å²) >= 11 is 0. The predicted molar refractivity (Wildman–Crippen MR) is 27.8 cm³/mol. The zero-order valence-electron chi connectivity index (χ0n) is 4.18. The molecule has 1 rings (SSSR count). The molecular formula is C6H8O. The summed E-state index contributed by atoms with van der Waals surface area (Å²) in [5.41, 5.74) is 0. The van der Waals surface area contributed by atoms with Gasteiger partial charge in [0.25, 0.3) is 0 Å². The SMILES string of the molecule is C#C[C@H]1CCOC1. The van der Waals surface area contributed by atoms with E-state index in [1.807, 2.05) is 0 Å². The second-order valence-corrected chi connectivity index (χ2v) is 1.73. The highest BCUT2D eigenvalue weighted by Crippen LogP contribution is 2.09. The quantitative estimate of drug-likeness (QED) is 0.402. The Hall–Kier alpha value is -0.480. The van der Waals surface area contributed by atoms with Gasteiger partial charge in [-0.2, -0.15) is 0 Å². The van der Waals surface area contributed by atoms with Crippen molar-refractivity contribution >= 4 is 0 Å². The van der Waals surface area contributed by atoms with Crippen LogP contribution in [-0.2, 0) is 4.74 Å². The van der Waals surface area contributed by atoms with E-state index < -0.39 is 0 Å². The molecule has 0 N–H and O–H groups in total. The molecule has 0 spiro atoms. The smallest absolute Gasteiger partial charge is 0.0604 e. The largest absolute Gasteiger partial charge is 0.380 e. The van der Waals surface area contributed by atoms with Crippen LogP contribution >= 0.6 is 0 Å². The topological polar surface area (TPSA) is 9.23 Å². The van der Waals surface area contributed by atoms with Crippen LogP contribution in [0.25, 0.3) is 0 Å². The molecule has 1 heterocycles. The van der Waals surface area contributed by atoms with E-state index in [4.69, 9.17) is 11.2 Å². The molecule has 1 fully saturated rings. The van der Waals surface area contributed by atoms with Crippen molar-refractivity contribution in [2.75, 3.05) is 13.2 Å². The summed E-state index contributed by atoms with van der Waals surface area (Å²) in [4.78, 5) is 0. The maximum Gasteiger partial charge on any atom is 0.0604 e. The zero-order valence-corrected chi connectivity index (χ0v) is 4.18. The minimum Gasteiger partial charge on any atom is -0.380 e. The molecule has 0 unspecified atom stereocenters. The first kappa shape index (κ1) is 4.67. The van der Waals surface area contributed by atoms with Crippen LogP contribution in [0.5, 0.6) is 0 Å². The van der Waals surface area contributed by atoms with Gasteiger partial charge in [-0.1, -0.05) is 0 Å². The highest BCUT2D eigenvalue weighted by Gasteiger charge is 2.10. The van der Waals surface area contributed by atoms with Crippen molar-refractivity contribution in [3.63, 3.8) is 0 Å². The van der Waals surface area contributed by atoms with Crippen molar-refractivity contribution in [3.05, 3.63) is 0 Å². The molecule has 1 aliphatic rings. The fourth-order valence-corrected chi connectivity index (χ4v) is 0.666. The Bertz CT molecular complexity index is 84.8. The maximum atomic E-state index is 5.10. The average Bonchev–Trinajstić information content (AvgIpc) is 2.14. The summed E-state index contributed by atoms with van der Waals surface area (Å²) in [5, 5.41) is 0. The van der Waals surface area contributed by atoms with Crippen LogP contribution in [-0.4, -0.2) is 13.2 Å². The van der Waals surface area contributed by atoms with Crippen molar-refractivity contribution in [2.24, 2.45) is 5.92 Å². The molecule has 0 aromatic rings. The fourth-order valence-electron chi connectivity index (χ4n) is 0.666. The molecule has 0 aliphatic carbocycles. The highest BCUT2D eigenvalue weighted by molar-refractivity contribution is 4.94. The van der Waals surface area contributed by atoms with Crippen LogP contribution < -0.4 is 0 Å². The van der Waals surface area contributed by atoms with Gasteiger partial charge in [-0.15, -0.1) is 12.3 Å². The van der Waals surface area contributed by atoms with Crippen LogP contribution in [0.1, 0.15) is 6.42 Å². The number of hydrogen-bond acceptors (Lipinski definition) is 1. The minimum atomic E-state index is 0.403. The number of ether oxygens (including phenoxy) is 1. The molecule has 1 saturated heterocycles. The van der Waals surface area contributed by atoms with E-state index in [9.17, 15) is 0 Å². The van der Waals surface area contributed by atoms with Gasteiger partial charge >= 0.3 is 0 Å². The first-order valence-corrected chi connectivity index (χ1v) is 2.47. The lowest BCUT2D eigenvalue weighted by Crippen LogP contribution is -1.91. The molecule has 0 bridgehead atoms. The Kier molecular flexibility index (Phi) is 1.33. The van der Waals surface area contributed by atoms with Gasteiger partial charge in [0.15, 0.2) is 0 Å². The Labute approximate surface area is 43.7 Å². The fraction of sp³-hybridized carbons (Fsp3) is 0.667. The third-order valence-electron chi connectivity index (χ3n) is 1.17. The van der Waals surface area contributed by atoms with Crippen molar-refractivity contribution in [2.45, 2.75) is 6.42 Å². The molecule has 0 amide bonds.